The number of likely N-dealkylation sites (tertiary alicyclic amines) is 1. The van der Waals surface area contributed by atoms with Gasteiger partial charge in [0.25, 0.3) is 0 Å². The summed E-state index contributed by atoms with van der Waals surface area (Å²) in [5.74, 6) is 4.91. The predicted molar refractivity (Wildman–Crippen MR) is 123 cm³/mol. The fraction of sp³-hybridized carbons (Fsp3) is 0.545. The number of ether oxygens (including phenoxy) is 2. The van der Waals surface area contributed by atoms with Crippen molar-refractivity contribution < 1.29 is 33.8 Å². The molecule has 1 aromatic carbocycles. The average molecular weight is 480 g/mol. The third-order valence-corrected chi connectivity index (χ3v) is 5.04. The van der Waals surface area contributed by atoms with Gasteiger partial charge in [-0.05, 0) is 51.5 Å². The number of carbonyl (C=O) groups is 3. The van der Waals surface area contributed by atoms with Crippen LogP contribution in [0.5, 0.6) is 5.75 Å². The van der Waals surface area contributed by atoms with Crippen LogP contribution in [-0.2, 0) is 14.4 Å². The molecule has 4 N–H and O–H groups in total. The number of amidine groups is 1. The Morgan fingerprint density at radius 1 is 1.18 bits per heavy atom. The Hall–Kier alpha value is -3.38. The molecule has 1 saturated heterocycles. The fourth-order valence-corrected chi connectivity index (χ4v) is 3.53. The van der Waals surface area contributed by atoms with Gasteiger partial charge in [0.2, 0.25) is 5.91 Å². The van der Waals surface area contributed by atoms with Crippen molar-refractivity contribution in [2.24, 2.45) is 5.90 Å². The third-order valence-electron chi connectivity index (χ3n) is 5.04. The molecule has 3 amide bonds. The van der Waals surface area contributed by atoms with E-state index in [2.05, 4.69) is 4.84 Å². The molecule has 1 aliphatic rings. The normalized spacial score (nSPS) is 17.8. The molecule has 1 aliphatic heterocycles. The van der Waals surface area contributed by atoms with Crippen LogP contribution in [0.25, 0.3) is 0 Å². The Kier molecular flexibility index (Phi) is 8.82. The SMILES string of the molecule is CN(C)C(=O)[C@@H]1C[C@H](N(C(=N)c2ccc(OCCON)cc2)C(=O)OC(C)(C)C)CN1C(=O)O. The molecular formula is C22H33N5O7. The highest BCUT2D eigenvalue weighted by Crippen LogP contribution is 2.27. The summed E-state index contributed by atoms with van der Waals surface area (Å²) in [5.41, 5.74) is -0.458. The van der Waals surface area contributed by atoms with Gasteiger partial charge >= 0.3 is 12.2 Å². The number of benzene rings is 1. The van der Waals surface area contributed by atoms with Crippen molar-refractivity contribution >= 4 is 23.9 Å². The molecule has 0 aliphatic carbocycles. The van der Waals surface area contributed by atoms with Gasteiger partial charge in [0.05, 0.1) is 6.04 Å². The molecule has 0 saturated carbocycles. The number of hydrogen-bond acceptors (Lipinski definition) is 8. The van der Waals surface area contributed by atoms with E-state index in [1.54, 1.807) is 45.0 Å². The summed E-state index contributed by atoms with van der Waals surface area (Å²) in [6.45, 7) is 5.40. The van der Waals surface area contributed by atoms with E-state index in [0.29, 0.717) is 11.3 Å². The van der Waals surface area contributed by atoms with E-state index < -0.39 is 35.8 Å². The Bertz CT molecular complexity index is 898. The number of nitrogens with zero attached hydrogens (tertiary/aromatic N) is 3. The van der Waals surface area contributed by atoms with Crippen molar-refractivity contribution in [3.8, 4) is 5.75 Å². The first-order valence-corrected chi connectivity index (χ1v) is 10.7. The Morgan fingerprint density at radius 3 is 2.29 bits per heavy atom. The first kappa shape index (κ1) is 26.9. The highest BCUT2D eigenvalue weighted by Gasteiger charge is 2.45. The van der Waals surface area contributed by atoms with Crippen molar-refractivity contribution in [3.05, 3.63) is 29.8 Å². The molecule has 0 radical (unpaired) electrons. The highest BCUT2D eigenvalue weighted by atomic mass is 16.6. The lowest BCUT2D eigenvalue weighted by Crippen LogP contribution is -2.48. The van der Waals surface area contributed by atoms with Crippen LogP contribution in [0.15, 0.2) is 24.3 Å². The summed E-state index contributed by atoms with van der Waals surface area (Å²) in [5, 5.41) is 18.4. The van der Waals surface area contributed by atoms with Gasteiger partial charge in [-0.3, -0.25) is 20.0 Å². The second kappa shape index (κ2) is 11.2. The molecule has 1 aromatic rings. The first-order valence-electron chi connectivity index (χ1n) is 10.7. The number of carbonyl (C=O) groups excluding carboxylic acids is 2. The van der Waals surface area contributed by atoms with Gasteiger partial charge in [0, 0.05) is 26.2 Å². The van der Waals surface area contributed by atoms with Crippen LogP contribution in [0, 0.1) is 5.41 Å². The van der Waals surface area contributed by atoms with Crippen LogP contribution in [0.3, 0.4) is 0 Å². The zero-order valence-corrected chi connectivity index (χ0v) is 20.1. The lowest BCUT2D eigenvalue weighted by molar-refractivity contribution is -0.132. The van der Waals surface area contributed by atoms with Gasteiger partial charge in [-0.15, -0.1) is 0 Å². The largest absolute Gasteiger partial charge is 0.491 e. The third kappa shape index (κ3) is 6.81. The monoisotopic (exact) mass is 479 g/mol. The van der Waals surface area contributed by atoms with E-state index in [1.165, 1.54) is 19.0 Å². The average Bonchev–Trinajstić information content (AvgIpc) is 3.17. The van der Waals surface area contributed by atoms with Crippen LogP contribution in [0.2, 0.25) is 0 Å². The second-order valence-electron chi connectivity index (χ2n) is 9.02. The minimum Gasteiger partial charge on any atom is -0.491 e. The van der Waals surface area contributed by atoms with Gasteiger partial charge < -0.3 is 24.3 Å². The van der Waals surface area contributed by atoms with E-state index in [9.17, 15) is 19.5 Å². The molecule has 2 atom stereocenters. The van der Waals surface area contributed by atoms with Crippen LogP contribution in [-0.4, -0.2) is 95.3 Å². The Morgan fingerprint density at radius 2 is 1.79 bits per heavy atom. The summed E-state index contributed by atoms with van der Waals surface area (Å²) in [6, 6.07) is 4.71. The highest BCUT2D eigenvalue weighted by molar-refractivity contribution is 6.05. The van der Waals surface area contributed by atoms with Crippen LogP contribution in [0.4, 0.5) is 9.59 Å². The van der Waals surface area contributed by atoms with E-state index in [0.717, 1.165) is 9.80 Å². The predicted octanol–water partition coefficient (Wildman–Crippen LogP) is 1.73. The number of hydrogen-bond donors (Lipinski definition) is 3. The molecule has 0 unspecified atom stereocenters. The van der Waals surface area contributed by atoms with Gasteiger partial charge in [-0.25, -0.2) is 15.5 Å². The van der Waals surface area contributed by atoms with Crippen molar-refractivity contribution in [3.63, 3.8) is 0 Å². The fourth-order valence-electron chi connectivity index (χ4n) is 3.53. The summed E-state index contributed by atoms with van der Waals surface area (Å²) in [4.78, 5) is 45.5. The zero-order valence-electron chi connectivity index (χ0n) is 20.1. The second-order valence-corrected chi connectivity index (χ2v) is 9.02. The lowest BCUT2D eigenvalue weighted by atomic mass is 10.1. The maximum atomic E-state index is 13.1. The molecule has 0 spiro atoms. The number of carboxylic acid groups (broad SMARTS) is 1. The maximum Gasteiger partial charge on any atom is 0.416 e. The number of rotatable bonds is 7. The van der Waals surface area contributed by atoms with E-state index >= 15 is 0 Å². The minimum absolute atomic E-state index is 0.0330. The molecule has 12 heteroatoms. The van der Waals surface area contributed by atoms with Gasteiger partial charge in [0.15, 0.2) is 0 Å². The minimum atomic E-state index is -1.28. The molecule has 0 aromatic heterocycles. The maximum absolute atomic E-state index is 13.1. The smallest absolute Gasteiger partial charge is 0.416 e. The summed E-state index contributed by atoms with van der Waals surface area (Å²) < 4.78 is 11.0. The Labute approximate surface area is 198 Å². The molecule has 12 nitrogen and oxygen atoms in total. The quantitative estimate of drug-likeness (QED) is 0.231. The molecule has 0 bridgehead atoms. The van der Waals surface area contributed by atoms with Crippen LogP contribution < -0.4 is 10.6 Å². The van der Waals surface area contributed by atoms with Crippen molar-refractivity contribution in [2.45, 2.75) is 44.9 Å². The standard InChI is InChI=1S/C22H33N5O7/c1-22(2,3)34-21(31)27(15-12-17(19(28)25(4)5)26(13-15)20(29)30)18(23)14-6-8-16(9-7-14)32-10-11-33-24/h6-9,15,17,23H,10-13,24H2,1-5H3,(H,29,30)/t15-,17-/m0/s1. The summed E-state index contributed by atoms with van der Waals surface area (Å²) in [7, 11) is 3.07. The summed E-state index contributed by atoms with van der Waals surface area (Å²) >= 11 is 0. The molecule has 1 fully saturated rings. The van der Waals surface area contributed by atoms with Crippen molar-refractivity contribution in [1.29, 1.82) is 5.41 Å². The topological polar surface area (TPSA) is 159 Å². The molecule has 1 heterocycles. The molecular weight excluding hydrogens is 446 g/mol. The number of nitrogens with one attached hydrogen (secondary N) is 1. The van der Waals surface area contributed by atoms with Crippen molar-refractivity contribution in [1.82, 2.24) is 14.7 Å². The van der Waals surface area contributed by atoms with Gasteiger partial charge in [0.1, 0.15) is 36.4 Å². The zero-order chi connectivity index (χ0) is 25.6. The van der Waals surface area contributed by atoms with E-state index in [1.807, 2.05) is 0 Å². The number of amides is 3. The molecule has 34 heavy (non-hydrogen) atoms. The Balaban J connectivity index is 2.34. The van der Waals surface area contributed by atoms with Gasteiger partial charge in [-0.2, -0.15) is 0 Å². The van der Waals surface area contributed by atoms with Crippen molar-refractivity contribution in [2.75, 3.05) is 33.9 Å². The van der Waals surface area contributed by atoms with E-state index in [-0.39, 0.29) is 32.0 Å². The number of likely N-dealkylation sites (N-methyl/N-ethyl adjacent to an activating group) is 1. The molecule has 2 rings (SSSR count). The van der Waals surface area contributed by atoms with Gasteiger partial charge in [-0.1, -0.05) is 0 Å². The summed E-state index contributed by atoms with van der Waals surface area (Å²) in [6.07, 6.45) is -2.04. The molecule has 188 valence electrons. The van der Waals surface area contributed by atoms with Crippen LogP contribution in [0.1, 0.15) is 32.8 Å². The van der Waals surface area contributed by atoms with Crippen LogP contribution >= 0.6 is 0 Å². The number of nitrogens with two attached hydrogens (primary N) is 1. The lowest BCUT2D eigenvalue weighted by Gasteiger charge is -2.31. The first-order chi connectivity index (χ1) is 15.9. The van der Waals surface area contributed by atoms with E-state index in [4.69, 9.17) is 20.8 Å².